The third-order valence-electron chi connectivity index (χ3n) is 4.81. The number of anilines is 1. The van der Waals surface area contributed by atoms with E-state index in [4.69, 9.17) is 31.5 Å². The quantitative estimate of drug-likeness (QED) is 0.589. The molecular weight excluding hydrogens is 446 g/mol. The second kappa shape index (κ2) is 10.6. The molecule has 33 heavy (non-hydrogen) atoms. The third kappa shape index (κ3) is 5.64. The third-order valence-corrected chi connectivity index (χ3v) is 5.06. The van der Waals surface area contributed by atoms with E-state index in [1.54, 1.807) is 62.4 Å². The molecule has 8 nitrogen and oxygen atoms in total. The predicted molar refractivity (Wildman–Crippen MR) is 122 cm³/mol. The van der Waals surface area contributed by atoms with Gasteiger partial charge in [0.25, 0.3) is 5.91 Å². The van der Waals surface area contributed by atoms with Gasteiger partial charge < -0.3 is 25.3 Å². The highest BCUT2D eigenvalue weighted by Gasteiger charge is 2.36. The molecule has 0 aliphatic carbocycles. The van der Waals surface area contributed by atoms with Gasteiger partial charge in [0.1, 0.15) is 23.2 Å². The molecule has 3 N–H and O–H groups in total. The molecule has 170 valence electrons. The van der Waals surface area contributed by atoms with Crippen molar-refractivity contribution in [3.05, 3.63) is 81.9 Å². The lowest BCUT2D eigenvalue weighted by Gasteiger charge is -2.26. The van der Waals surface area contributed by atoms with Crippen molar-refractivity contribution in [2.24, 2.45) is 5.73 Å². The van der Waals surface area contributed by atoms with E-state index < -0.39 is 11.9 Å². The Hall–Kier alpha value is -3.96. The van der Waals surface area contributed by atoms with Crippen molar-refractivity contribution in [1.82, 2.24) is 0 Å². The molecule has 0 spiro atoms. The highest BCUT2D eigenvalue weighted by atomic mass is 35.5. The zero-order chi connectivity index (χ0) is 24.0. The zero-order valence-electron chi connectivity index (χ0n) is 18.1. The fraction of sp³-hybridized carbons (Fsp3) is 0.208. The number of hydrogen-bond acceptors (Lipinski definition) is 7. The molecule has 1 unspecified atom stereocenters. The summed E-state index contributed by atoms with van der Waals surface area (Å²) in [5, 5.41) is 12.9. The molecule has 0 saturated heterocycles. The molecule has 1 aliphatic rings. The van der Waals surface area contributed by atoms with Crippen molar-refractivity contribution < 1.29 is 23.8 Å². The van der Waals surface area contributed by atoms with Crippen LogP contribution in [0.3, 0.4) is 0 Å². The van der Waals surface area contributed by atoms with E-state index in [1.807, 2.05) is 6.07 Å². The number of nitrogens with one attached hydrogen (secondary N) is 1. The normalized spacial score (nSPS) is 15.4. The molecule has 0 saturated carbocycles. The highest BCUT2D eigenvalue weighted by Crippen LogP contribution is 2.39. The summed E-state index contributed by atoms with van der Waals surface area (Å²) in [5.74, 6) is -1.02. The fourth-order valence-electron chi connectivity index (χ4n) is 3.32. The summed E-state index contributed by atoms with van der Waals surface area (Å²) in [7, 11) is 0. The first-order chi connectivity index (χ1) is 15.8. The van der Waals surface area contributed by atoms with Gasteiger partial charge in [-0.3, -0.25) is 4.79 Å². The van der Waals surface area contributed by atoms with Crippen molar-refractivity contribution in [2.75, 3.05) is 18.5 Å². The van der Waals surface area contributed by atoms with Gasteiger partial charge in [0.15, 0.2) is 6.61 Å². The van der Waals surface area contributed by atoms with Gasteiger partial charge in [0, 0.05) is 10.7 Å². The molecule has 2 aromatic rings. The van der Waals surface area contributed by atoms with Crippen LogP contribution in [-0.2, 0) is 19.1 Å². The number of nitriles is 1. The number of nitrogens with zero attached hydrogens (tertiary/aromatic N) is 1. The Morgan fingerprint density at radius 2 is 1.85 bits per heavy atom. The lowest BCUT2D eigenvalue weighted by molar-refractivity contribution is -0.139. The Balaban J connectivity index is 1.74. The Morgan fingerprint density at radius 3 is 2.45 bits per heavy atom. The first kappa shape index (κ1) is 23.7. The summed E-state index contributed by atoms with van der Waals surface area (Å²) in [6.45, 7) is 3.26. The minimum atomic E-state index is -0.745. The number of halogens is 1. The van der Waals surface area contributed by atoms with E-state index in [9.17, 15) is 14.9 Å². The summed E-state index contributed by atoms with van der Waals surface area (Å²) in [5.41, 5.74) is 7.44. The maximum atomic E-state index is 12.6. The minimum absolute atomic E-state index is 0.0627. The topological polar surface area (TPSA) is 124 Å². The molecule has 0 fully saturated rings. The SMILES string of the molecule is CCOC(=O)C1=C(C)OC(N)=C(C#N)C1c1ccc(OCC(=O)Nc2ccc(Cl)cc2)cc1. The molecule has 3 rings (SSSR count). The predicted octanol–water partition coefficient (Wildman–Crippen LogP) is 4.00. The number of hydrogen-bond donors (Lipinski definition) is 2. The van der Waals surface area contributed by atoms with Gasteiger partial charge in [0.05, 0.1) is 18.1 Å². The molecule has 0 aromatic heterocycles. The smallest absolute Gasteiger partial charge is 0.338 e. The summed E-state index contributed by atoms with van der Waals surface area (Å²) in [6.07, 6.45) is 0. The number of ether oxygens (including phenoxy) is 3. The van der Waals surface area contributed by atoms with Crippen molar-refractivity contribution in [1.29, 1.82) is 5.26 Å². The first-order valence-electron chi connectivity index (χ1n) is 10.1. The number of carbonyl (C=O) groups is 2. The van der Waals surface area contributed by atoms with E-state index in [-0.39, 0.29) is 41.9 Å². The zero-order valence-corrected chi connectivity index (χ0v) is 18.8. The molecule has 1 aliphatic heterocycles. The largest absolute Gasteiger partial charge is 0.484 e. The number of nitrogens with two attached hydrogens (primary N) is 1. The Morgan fingerprint density at radius 1 is 1.18 bits per heavy atom. The Labute approximate surface area is 196 Å². The molecule has 1 atom stereocenters. The van der Waals surface area contributed by atoms with E-state index in [0.29, 0.717) is 22.0 Å². The van der Waals surface area contributed by atoms with Crippen LogP contribution in [0.4, 0.5) is 5.69 Å². The van der Waals surface area contributed by atoms with E-state index in [2.05, 4.69) is 5.32 Å². The number of benzene rings is 2. The first-order valence-corrected chi connectivity index (χ1v) is 10.5. The lowest BCUT2D eigenvalue weighted by atomic mass is 9.83. The average molecular weight is 468 g/mol. The van der Waals surface area contributed by atoms with Crippen LogP contribution < -0.4 is 15.8 Å². The second-order valence-electron chi connectivity index (χ2n) is 7.03. The van der Waals surface area contributed by atoms with Crippen molar-refractivity contribution in [2.45, 2.75) is 19.8 Å². The van der Waals surface area contributed by atoms with Crippen molar-refractivity contribution in [3.8, 4) is 11.8 Å². The van der Waals surface area contributed by atoms with Gasteiger partial charge in [-0.25, -0.2) is 4.79 Å². The molecular formula is C24H22ClN3O5. The van der Waals surface area contributed by atoms with Crippen LogP contribution in [0.5, 0.6) is 5.75 Å². The summed E-state index contributed by atoms with van der Waals surface area (Å²) in [4.78, 5) is 24.7. The van der Waals surface area contributed by atoms with Gasteiger partial charge in [-0.15, -0.1) is 0 Å². The standard InChI is InChI=1S/C24H22ClN3O5/c1-3-31-24(30)21-14(2)33-23(27)19(12-26)22(21)15-4-10-18(11-5-15)32-13-20(29)28-17-8-6-16(25)7-9-17/h4-11,22H,3,13,27H2,1-2H3,(H,28,29). The van der Waals surface area contributed by atoms with Gasteiger partial charge >= 0.3 is 5.97 Å². The van der Waals surface area contributed by atoms with Crippen LogP contribution in [0.15, 0.2) is 71.3 Å². The number of esters is 1. The van der Waals surface area contributed by atoms with Gasteiger partial charge in [-0.1, -0.05) is 23.7 Å². The van der Waals surface area contributed by atoms with Crippen LogP contribution >= 0.6 is 11.6 Å². The number of amides is 1. The maximum Gasteiger partial charge on any atom is 0.338 e. The van der Waals surface area contributed by atoms with Gasteiger partial charge in [0.2, 0.25) is 5.88 Å². The summed E-state index contributed by atoms with van der Waals surface area (Å²) >= 11 is 5.83. The summed E-state index contributed by atoms with van der Waals surface area (Å²) < 4.78 is 16.1. The lowest BCUT2D eigenvalue weighted by Crippen LogP contribution is -2.25. The Bertz CT molecular complexity index is 1150. The molecule has 1 heterocycles. The Kier molecular flexibility index (Phi) is 7.59. The summed E-state index contributed by atoms with van der Waals surface area (Å²) in [6, 6.07) is 15.4. The minimum Gasteiger partial charge on any atom is -0.484 e. The van der Waals surface area contributed by atoms with Crippen LogP contribution in [0.25, 0.3) is 0 Å². The van der Waals surface area contributed by atoms with Crippen LogP contribution in [-0.4, -0.2) is 25.1 Å². The number of rotatable bonds is 7. The maximum absolute atomic E-state index is 12.6. The van der Waals surface area contributed by atoms with E-state index in [1.165, 1.54) is 0 Å². The van der Waals surface area contributed by atoms with Crippen LogP contribution in [0, 0.1) is 11.3 Å². The molecule has 0 radical (unpaired) electrons. The molecule has 0 bridgehead atoms. The highest BCUT2D eigenvalue weighted by molar-refractivity contribution is 6.30. The average Bonchev–Trinajstić information content (AvgIpc) is 2.79. The van der Waals surface area contributed by atoms with Gasteiger partial charge in [-0.05, 0) is 55.8 Å². The van der Waals surface area contributed by atoms with Crippen molar-refractivity contribution in [3.63, 3.8) is 0 Å². The number of allylic oxidation sites excluding steroid dienone is 2. The van der Waals surface area contributed by atoms with Crippen LogP contribution in [0.1, 0.15) is 25.3 Å². The van der Waals surface area contributed by atoms with E-state index in [0.717, 1.165) is 0 Å². The van der Waals surface area contributed by atoms with Crippen LogP contribution in [0.2, 0.25) is 5.02 Å². The molecule has 2 aromatic carbocycles. The molecule has 1 amide bonds. The fourth-order valence-corrected chi connectivity index (χ4v) is 3.45. The molecule has 9 heteroatoms. The number of carbonyl (C=O) groups excluding carboxylic acids is 2. The monoisotopic (exact) mass is 467 g/mol. The van der Waals surface area contributed by atoms with Crippen molar-refractivity contribution >= 4 is 29.2 Å². The van der Waals surface area contributed by atoms with E-state index >= 15 is 0 Å². The van der Waals surface area contributed by atoms with Gasteiger partial charge in [-0.2, -0.15) is 5.26 Å². The second-order valence-corrected chi connectivity index (χ2v) is 7.46.